The Bertz CT molecular complexity index is 658. The van der Waals surface area contributed by atoms with E-state index in [0.717, 1.165) is 29.4 Å². The molecule has 0 saturated heterocycles. The van der Waals surface area contributed by atoms with Gasteiger partial charge < -0.3 is 0 Å². The Labute approximate surface area is 167 Å². The molecule has 0 aromatic heterocycles. The summed E-state index contributed by atoms with van der Waals surface area (Å²) < 4.78 is 38.2. The predicted octanol–water partition coefficient (Wildman–Crippen LogP) is 8.44. The molecular weight excluding hydrogens is 357 g/mol. The highest BCUT2D eigenvalue weighted by Gasteiger charge is 2.30. The summed E-state index contributed by atoms with van der Waals surface area (Å²) in [5.41, 5.74) is 1.34. The highest BCUT2D eigenvalue weighted by Crippen LogP contribution is 2.40. The Kier molecular flexibility index (Phi) is 7.42. The van der Waals surface area contributed by atoms with Gasteiger partial charge in [0.15, 0.2) is 0 Å². The van der Waals surface area contributed by atoms with Gasteiger partial charge in [0.25, 0.3) is 0 Å². The molecule has 0 radical (unpaired) electrons. The summed E-state index contributed by atoms with van der Waals surface area (Å²) in [6, 6.07) is 5.53. The highest BCUT2D eigenvalue weighted by atomic mass is 19.4. The largest absolute Gasteiger partial charge is 0.416 e. The molecule has 0 nitrogen and oxygen atoms in total. The second kappa shape index (κ2) is 9.80. The van der Waals surface area contributed by atoms with Crippen molar-refractivity contribution in [2.45, 2.75) is 77.3 Å². The quantitative estimate of drug-likeness (QED) is 0.410. The normalized spacial score (nSPS) is 25.6. The lowest BCUT2D eigenvalue weighted by molar-refractivity contribution is -0.137. The fourth-order valence-corrected chi connectivity index (χ4v) is 4.82. The number of unbranched alkanes of at least 4 members (excludes halogenated alkanes) is 3. The van der Waals surface area contributed by atoms with Crippen molar-refractivity contribution in [3.8, 4) is 0 Å². The van der Waals surface area contributed by atoms with Gasteiger partial charge in [-0.1, -0.05) is 82.2 Å². The second-order valence-electron chi connectivity index (χ2n) is 8.62. The molecule has 3 heteroatoms. The molecule has 0 aliphatic heterocycles. The third-order valence-corrected chi connectivity index (χ3v) is 6.64. The van der Waals surface area contributed by atoms with Crippen molar-refractivity contribution in [2.75, 3.05) is 0 Å². The molecule has 1 atom stereocenters. The van der Waals surface area contributed by atoms with E-state index < -0.39 is 11.7 Å². The van der Waals surface area contributed by atoms with Crippen LogP contribution in [0.1, 0.15) is 82.3 Å². The summed E-state index contributed by atoms with van der Waals surface area (Å²) >= 11 is 0. The second-order valence-corrected chi connectivity index (χ2v) is 8.62. The average molecular weight is 391 g/mol. The lowest BCUT2D eigenvalue weighted by Gasteiger charge is -2.33. The summed E-state index contributed by atoms with van der Waals surface area (Å²) in [6.45, 7) is 2.26. The van der Waals surface area contributed by atoms with Crippen LogP contribution in [0.3, 0.4) is 0 Å². The smallest absolute Gasteiger partial charge is 0.166 e. The lowest BCUT2D eigenvalue weighted by Crippen LogP contribution is -2.21. The molecule has 1 unspecified atom stereocenters. The van der Waals surface area contributed by atoms with Crippen LogP contribution < -0.4 is 0 Å². The Morgan fingerprint density at radius 2 is 1.64 bits per heavy atom. The van der Waals surface area contributed by atoms with Crippen molar-refractivity contribution < 1.29 is 13.2 Å². The van der Waals surface area contributed by atoms with Gasteiger partial charge in [-0.3, -0.25) is 0 Å². The van der Waals surface area contributed by atoms with Gasteiger partial charge in [-0.25, -0.2) is 0 Å². The maximum atomic E-state index is 12.7. The monoisotopic (exact) mass is 390 g/mol. The Hall–Kier alpha value is -1.51. The molecule has 154 valence electrons. The van der Waals surface area contributed by atoms with E-state index in [0.29, 0.717) is 5.92 Å². The molecule has 0 amide bonds. The molecule has 2 aliphatic carbocycles. The molecule has 1 fully saturated rings. The van der Waals surface area contributed by atoms with Gasteiger partial charge in [-0.15, -0.1) is 0 Å². The van der Waals surface area contributed by atoms with E-state index in [1.807, 2.05) is 0 Å². The van der Waals surface area contributed by atoms with Crippen molar-refractivity contribution in [1.29, 1.82) is 0 Å². The molecule has 1 aromatic rings. The molecule has 28 heavy (non-hydrogen) atoms. The van der Waals surface area contributed by atoms with Gasteiger partial charge in [-0.2, -0.15) is 13.2 Å². The molecule has 1 saturated carbocycles. The van der Waals surface area contributed by atoms with Crippen LogP contribution in [0.25, 0.3) is 5.57 Å². The first kappa shape index (κ1) is 21.2. The topological polar surface area (TPSA) is 0 Å². The molecule has 2 aliphatic rings. The molecule has 0 spiro atoms. The summed E-state index contributed by atoms with van der Waals surface area (Å²) in [6.07, 6.45) is 15.7. The third kappa shape index (κ3) is 5.75. The van der Waals surface area contributed by atoms with Crippen LogP contribution >= 0.6 is 0 Å². The number of allylic oxidation sites excluding steroid dienone is 4. The minimum Gasteiger partial charge on any atom is -0.166 e. The zero-order chi connectivity index (χ0) is 20.0. The predicted molar refractivity (Wildman–Crippen MR) is 111 cm³/mol. The summed E-state index contributed by atoms with van der Waals surface area (Å²) in [4.78, 5) is 0. The maximum Gasteiger partial charge on any atom is 0.416 e. The number of hydrogen-bond donors (Lipinski definition) is 0. The van der Waals surface area contributed by atoms with Crippen LogP contribution in [0.4, 0.5) is 13.2 Å². The minimum absolute atomic E-state index is 0.582. The van der Waals surface area contributed by atoms with E-state index in [1.165, 1.54) is 69.9 Å². The Morgan fingerprint density at radius 1 is 0.929 bits per heavy atom. The van der Waals surface area contributed by atoms with Crippen LogP contribution in [0, 0.1) is 17.8 Å². The van der Waals surface area contributed by atoms with Crippen molar-refractivity contribution in [3.63, 3.8) is 0 Å². The first-order valence-corrected chi connectivity index (χ1v) is 11.0. The van der Waals surface area contributed by atoms with Crippen molar-refractivity contribution in [3.05, 3.63) is 53.6 Å². The molecule has 1 aromatic carbocycles. The van der Waals surface area contributed by atoms with Crippen molar-refractivity contribution in [1.82, 2.24) is 0 Å². The highest BCUT2D eigenvalue weighted by molar-refractivity contribution is 5.75. The summed E-state index contributed by atoms with van der Waals surface area (Å²) in [7, 11) is 0. The van der Waals surface area contributed by atoms with E-state index in [9.17, 15) is 13.2 Å². The molecule has 0 N–H and O–H groups in total. The van der Waals surface area contributed by atoms with Gasteiger partial charge in [-0.05, 0) is 60.3 Å². The maximum absolute atomic E-state index is 12.7. The van der Waals surface area contributed by atoms with E-state index in [2.05, 4.69) is 25.2 Å². The van der Waals surface area contributed by atoms with Crippen molar-refractivity contribution in [2.24, 2.45) is 17.8 Å². The van der Waals surface area contributed by atoms with Gasteiger partial charge in [0.05, 0.1) is 5.56 Å². The SMILES string of the molecule is CCCCCC[C@H]1CC[C@H](C2C=CC(c3ccc(C(F)(F)F)cc3)=CC2)CC1. The standard InChI is InChI=1S/C25H33F3/c1-2-3-4-5-6-19-7-9-20(10-8-19)21-11-13-22(14-12-21)23-15-17-24(18-16-23)25(26,27)28/h11,13-21H,2-10,12H2,1H3/t19-,20-,21?. The molecule has 0 heterocycles. The number of alkyl halides is 3. The first-order valence-electron chi connectivity index (χ1n) is 11.0. The van der Waals surface area contributed by atoms with Crippen molar-refractivity contribution >= 4 is 5.57 Å². The van der Waals surface area contributed by atoms with Gasteiger partial charge in [0, 0.05) is 0 Å². The van der Waals surface area contributed by atoms with Gasteiger partial charge in [0.1, 0.15) is 0 Å². The lowest BCUT2D eigenvalue weighted by atomic mass is 9.72. The summed E-state index contributed by atoms with van der Waals surface area (Å²) in [5, 5.41) is 0. The Balaban J connectivity index is 1.46. The fraction of sp³-hybridized carbons (Fsp3) is 0.600. The van der Waals surface area contributed by atoms with E-state index >= 15 is 0 Å². The van der Waals surface area contributed by atoms with E-state index in [-0.39, 0.29) is 0 Å². The Morgan fingerprint density at radius 3 is 2.21 bits per heavy atom. The first-order chi connectivity index (χ1) is 13.5. The number of benzene rings is 1. The average Bonchev–Trinajstić information content (AvgIpc) is 2.71. The van der Waals surface area contributed by atoms with Crippen LogP contribution in [0.5, 0.6) is 0 Å². The van der Waals surface area contributed by atoms with Crippen LogP contribution in [-0.2, 0) is 6.18 Å². The number of rotatable bonds is 7. The third-order valence-electron chi connectivity index (χ3n) is 6.64. The molecule has 3 rings (SSSR count). The van der Waals surface area contributed by atoms with Crippen LogP contribution in [0.2, 0.25) is 0 Å². The van der Waals surface area contributed by atoms with E-state index in [1.54, 1.807) is 12.1 Å². The summed E-state index contributed by atoms with van der Waals surface area (Å²) in [5.74, 6) is 2.30. The van der Waals surface area contributed by atoms with E-state index in [4.69, 9.17) is 0 Å². The fourth-order valence-electron chi connectivity index (χ4n) is 4.82. The number of halogens is 3. The zero-order valence-electron chi connectivity index (χ0n) is 17.0. The van der Waals surface area contributed by atoms with Crippen LogP contribution in [-0.4, -0.2) is 0 Å². The molecule has 0 bridgehead atoms. The van der Waals surface area contributed by atoms with Crippen LogP contribution in [0.15, 0.2) is 42.5 Å². The van der Waals surface area contributed by atoms with Gasteiger partial charge >= 0.3 is 6.18 Å². The van der Waals surface area contributed by atoms with Gasteiger partial charge in [0.2, 0.25) is 0 Å². The minimum atomic E-state index is -4.27. The zero-order valence-corrected chi connectivity index (χ0v) is 17.0. The molecular formula is C25H33F3. The number of hydrogen-bond acceptors (Lipinski definition) is 0.